The van der Waals surface area contributed by atoms with Gasteiger partial charge in [0, 0.05) is 13.1 Å². The molecule has 0 bridgehead atoms. The zero-order valence-corrected chi connectivity index (χ0v) is 9.96. The van der Waals surface area contributed by atoms with E-state index in [2.05, 4.69) is 10.4 Å². The van der Waals surface area contributed by atoms with Gasteiger partial charge < -0.3 is 10.5 Å². The fourth-order valence-corrected chi connectivity index (χ4v) is 1.49. The van der Waals surface area contributed by atoms with Crippen LogP contribution in [0.3, 0.4) is 0 Å². The Morgan fingerprint density at radius 2 is 2.17 bits per heavy atom. The molecule has 2 rings (SSSR count). The van der Waals surface area contributed by atoms with Crippen LogP contribution in [0.15, 0.2) is 36.4 Å². The van der Waals surface area contributed by atoms with Crippen LogP contribution in [0.1, 0.15) is 5.56 Å². The number of urea groups is 1. The van der Waals surface area contributed by atoms with Gasteiger partial charge in [-0.25, -0.2) is 9.48 Å². The quantitative estimate of drug-likeness (QED) is 0.857. The van der Waals surface area contributed by atoms with E-state index < -0.39 is 6.03 Å². The number of carbonyl (C=O) groups excluding carboxylic acids is 1. The highest BCUT2D eigenvalue weighted by molar-refractivity contribution is 5.86. The molecule has 0 aliphatic heterocycles. The van der Waals surface area contributed by atoms with E-state index in [1.807, 2.05) is 30.3 Å². The van der Waals surface area contributed by atoms with Gasteiger partial charge in [-0.15, -0.1) is 5.10 Å². The summed E-state index contributed by atoms with van der Waals surface area (Å²) in [5.41, 5.74) is 6.08. The lowest BCUT2D eigenvalue weighted by Gasteiger charge is -2.01. The first kappa shape index (κ1) is 12.0. The molecule has 6 heteroatoms. The van der Waals surface area contributed by atoms with Crippen molar-refractivity contribution < 1.29 is 9.53 Å². The number of primary amides is 1. The summed E-state index contributed by atoms with van der Waals surface area (Å²) in [5.74, 6) is 0.927. The molecule has 0 aliphatic rings. The smallest absolute Gasteiger partial charge is 0.317 e. The van der Waals surface area contributed by atoms with Crippen molar-refractivity contribution in [3.05, 3.63) is 42.0 Å². The van der Waals surface area contributed by atoms with Gasteiger partial charge in [0.05, 0.1) is 0 Å². The second-order valence-corrected chi connectivity index (χ2v) is 3.75. The van der Waals surface area contributed by atoms with E-state index in [0.29, 0.717) is 18.3 Å². The summed E-state index contributed by atoms with van der Waals surface area (Å²) in [6.45, 7) is 0.424. The van der Waals surface area contributed by atoms with E-state index >= 15 is 0 Å². The van der Waals surface area contributed by atoms with Crippen LogP contribution in [0.4, 0.5) is 10.6 Å². The van der Waals surface area contributed by atoms with Crippen LogP contribution in [-0.4, -0.2) is 15.8 Å². The lowest BCUT2D eigenvalue weighted by atomic mass is 10.2. The van der Waals surface area contributed by atoms with Gasteiger partial charge in [0.15, 0.2) is 0 Å². The number of nitrogens with one attached hydrogen (secondary N) is 1. The number of rotatable bonds is 4. The maximum Gasteiger partial charge on any atom is 0.317 e. The first-order valence-corrected chi connectivity index (χ1v) is 5.42. The zero-order valence-electron chi connectivity index (χ0n) is 9.96. The summed E-state index contributed by atoms with van der Waals surface area (Å²) in [5, 5.41) is 6.55. The summed E-state index contributed by atoms with van der Waals surface area (Å²) >= 11 is 0. The fourth-order valence-electron chi connectivity index (χ4n) is 1.49. The topological polar surface area (TPSA) is 82.2 Å². The Balaban J connectivity index is 2.00. The number of carbonyl (C=O) groups is 1. The normalized spacial score (nSPS) is 10.1. The molecule has 2 amide bonds. The molecule has 0 aliphatic carbocycles. The molecule has 18 heavy (non-hydrogen) atoms. The van der Waals surface area contributed by atoms with E-state index in [4.69, 9.17) is 10.5 Å². The highest BCUT2D eigenvalue weighted by Gasteiger charge is 2.07. The third-order valence-electron chi connectivity index (χ3n) is 2.34. The molecule has 94 valence electrons. The van der Waals surface area contributed by atoms with E-state index in [1.54, 1.807) is 13.1 Å². The van der Waals surface area contributed by atoms with E-state index in [-0.39, 0.29) is 0 Å². The Hall–Kier alpha value is -2.50. The molecule has 2 aromatic rings. The number of anilines is 1. The lowest BCUT2D eigenvalue weighted by Crippen LogP contribution is -2.20. The van der Waals surface area contributed by atoms with Gasteiger partial charge in [-0.05, 0) is 5.56 Å². The largest absolute Gasteiger partial charge is 0.472 e. The Labute approximate surface area is 104 Å². The van der Waals surface area contributed by atoms with Crippen molar-refractivity contribution in [1.29, 1.82) is 0 Å². The number of ether oxygens (including phenoxy) is 1. The van der Waals surface area contributed by atoms with Crippen LogP contribution >= 0.6 is 0 Å². The predicted octanol–water partition coefficient (Wildman–Crippen LogP) is 1.49. The number of benzene rings is 1. The molecule has 1 aromatic heterocycles. The monoisotopic (exact) mass is 246 g/mol. The number of nitrogens with zero attached hydrogens (tertiary/aromatic N) is 2. The van der Waals surface area contributed by atoms with Gasteiger partial charge in [-0.2, -0.15) is 0 Å². The summed E-state index contributed by atoms with van der Waals surface area (Å²) in [6.07, 6.45) is 0. The standard InChI is InChI=1S/C12H14N4O2/c1-16-10(14-12(13)17)7-11(15-16)18-8-9-5-3-2-4-6-9/h2-7H,8H2,1H3,(H3,13,14,17). The molecular weight excluding hydrogens is 232 g/mol. The van der Waals surface area contributed by atoms with Gasteiger partial charge in [0.2, 0.25) is 5.88 Å². The number of amides is 2. The third kappa shape index (κ3) is 3.00. The summed E-state index contributed by atoms with van der Waals surface area (Å²) < 4.78 is 7.00. The minimum absolute atomic E-state index is 0.424. The van der Waals surface area contributed by atoms with Crippen LogP contribution in [-0.2, 0) is 13.7 Å². The van der Waals surface area contributed by atoms with Gasteiger partial charge >= 0.3 is 6.03 Å². The predicted molar refractivity (Wildman–Crippen MR) is 67.2 cm³/mol. The Kier molecular flexibility index (Phi) is 3.47. The molecule has 0 fully saturated rings. The first-order valence-electron chi connectivity index (χ1n) is 5.42. The minimum atomic E-state index is -0.632. The van der Waals surface area contributed by atoms with Gasteiger partial charge in [0.1, 0.15) is 12.4 Å². The minimum Gasteiger partial charge on any atom is -0.472 e. The van der Waals surface area contributed by atoms with Crippen molar-refractivity contribution in [3.8, 4) is 5.88 Å². The van der Waals surface area contributed by atoms with Crippen molar-refractivity contribution in [2.75, 3.05) is 5.32 Å². The third-order valence-corrected chi connectivity index (χ3v) is 2.34. The molecule has 0 spiro atoms. The molecule has 0 atom stereocenters. The van der Waals surface area contributed by atoms with Crippen molar-refractivity contribution >= 4 is 11.8 Å². The Bertz CT molecular complexity index is 536. The van der Waals surface area contributed by atoms with Crippen LogP contribution in [0.2, 0.25) is 0 Å². The van der Waals surface area contributed by atoms with E-state index in [0.717, 1.165) is 5.56 Å². The number of aromatic nitrogens is 2. The maximum atomic E-state index is 10.7. The highest BCUT2D eigenvalue weighted by atomic mass is 16.5. The first-order chi connectivity index (χ1) is 8.65. The highest BCUT2D eigenvalue weighted by Crippen LogP contribution is 2.16. The SMILES string of the molecule is Cn1nc(OCc2ccccc2)cc1NC(N)=O. The number of hydrogen-bond donors (Lipinski definition) is 2. The van der Waals surface area contributed by atoms with Crippen LogP contribution in [0, 0.1) is 0 Å². The fraction of sp³-hybridized carbons (Fsp3) is 0.167. The average Bonchev–Trinajstić information content (AvgIpc) is 2.68. The summed E-state index contributed by atoms with van der Waals surface area (Å²) in [4.78, 5) is 10.7. The number of aryl methyl sites for hydroxylation is 1. The summed E-state index contributed by atoms with van der Waals surface area (Å²) in [6, 6.07) is 10.7. The number of nitrogens with two attached hydrogens (primary N) is 1. The molecule has 0 saturated carbocycles. The molecular formula is C12H14N4O2. The molecule has 1 aromatic carbocycles. The molecule has 0 radical (unpaired) electrons. The van der Waals surface area contributed by atoms with Crippen LogP contribution < -0.4 is 15.8 Å². The lowest BCUT2D eigenvalue weighted by molar-refractivity contribution is 0.259. The van der Waals surface area contributed by atoms with Crippen molar-refractivity contribution in [2.24, 2.45) is 12.8 Å². The Morgan fingerprint density at radius 1 is 1.44 bits per heavy atom. The van der Waals surface area contributed by atoms with Crippen molar-refractivity contribution in [3.63, 3.8) is 0 Å². The maximum absolute atomic E-state index is 10.7. The van der Waals surface area contributed by atoms with Crippen LogP contribution in [0.5, 0.6) is 5.88 Å². The zero-order chi connectivity index (χ0) is 13.0. The number of hydrogen-bond acceptors (Lipinski definition) is 3. The molecule has 0 saturated heterocycles. The molecule has 0 unspecified atom stereocenters. The average molecular weight is 246 g/mol. The second kappa shape index (κ2) is 5.22. The van der Waals surface area contributed by atoms with Crippen LogP contribution in [0.25, 0.3) is 0 Å². The van der Waals surface area contributed by atoms with Crippen molar-refractivity contribution in [2.45, 2.75) is 6.61 Å². The molecule has 1 heterocycles. The van der Waals surface area contributed by atoms with Gasteiger partial charge in [0.25, 0.3) is 0 Å². The molecule has 3 N–H and O–H groups in total. The molecule has 6 nitrogen and oxygen atoms in total. The second-order valence-electron chi connectivity index (χ2n) is 3.75. The van der Waals surface area contributed by atoms with Gasteiger partial charge in [-0.3, -0.25) is 5.32 Å². The van der Waals surface area contributed by atoms with Gasteiger partial charge in [-0.1, -0.05) is 30.3 Å². The van der Waals surface area contributed by atoms with Crippen molar-refractivity contribution in [1.82, 2.24) is 9.78 Å². The summed E-state index contributed by atoms with van der Waals surface area (Å²) in [7, 11) is 1.70. The Morgan fingerprint density at radius 3 is 2.83 bits per heavy atom. The van der Waals surface area contributed by atoms with E-state index in [1.165, 1.54) is 4.68 Å². The van der Waals surface area contributed by atoms with E-state index in [9.17, 15) is 4.79 Å².